The van der Waals surface area contributed by atoms with Crippen LogP contribution in [0.3, 0.4) is 0 Å². The first kappa shape index (κ1) is 18.2. The largest absolute Gasteiger partial charge is 0.573 e. The van der Waals surface area contributed by atoms with Gasteiger partial charge < -0.3 is 9.47 Å². The summed E-state index contributed by atoms with van der Waals surface area (Å²) < 4.78 is 53.7. The zero-order valence-corrected chi connectivity index (χ0v) is 16.5. The van der Waals surface area contributed by atoms with Gasteiger partial charge in [0.25, 0.3) is 0 Å². The maximum Gasteiger partial charge on any atom is 0.573 e. The van der Waals surface area contributed by atoms with Crippen molar-refractivity contribution in [3.8, 4) is 5.69 Å². The molecule has 2 spiro atoms. The predicted molar refractivity (Wildman–Crippen MR) is 104 cm³/mol. The third kappa shape index (κ3) is 1.82. The monoisotopic (exact) mass is 443 g/mol. The molecule has 4 heterocycles. The van der Waals surface area contributed by atoms with Crippen molar-refractivity contribution in [1.82, 2.24) is 13.9 Å². The fraction of sp³-hybridized carbons (Fsp3) is 0.364. The summed E-state index contributed by atoms with van der Waals surface area (Å²) >= 11 is 0. The summed E-state index contributed by atoms with van der Waals surface area (Å²) in [5, 5.41) is 0. The number of aromatic nitrogens is 3. The molecule has 3 aliphatic carbocycles. The summed E-state index contributed by atoms with van der Waals surface area (Å²) in [7, 11) is 0. The van der Waals surface area contributed by atoms with Gasteiger partial charge in [-0.1, -0.05) is 30.4 Å². The highest BCUT2D eigenvalue weighted by atomic mass is 19.4. The van der Waals surface area contributed by atoms with E-state index < -0.39 is 40.8 Å². The number of fused-ring (bicyclic) bond motifs is 1. The van der Waals surface area contributed by atoms with E-state index in [0.717, 1.165) is 4.57 Å². The van der Waals surface area contributed by atoms with Crippen molar-refractivity contribution < 1.29 is 22.6 Å². The summed E-state index contributed by atoms with van der Waals surface area (Å²) in [5.74, 6) is -0.524. The number of benzene rings is 1. The van der Waals surface area contributed by atoms with E-state index >= 15 is 0 Å². The summed E-state index contributed by atoms with van der Waals surface area (Å²) in [5.41, 5.74) is -2.20. The first-order valence-corrected chi connectivity index (χ1v) is 10.3. The van der Waals surface area contributed by atoms with E-state index in [4.69, 9.17) is 4.74 Å². The zero-order valence-electron chi connectivity index (χ0n) is 16.5. The number of halogens is 3. The molecule has 5 unspecified atom stereocenters. The third-order valence-electron chi connectivity index (χ3n) is 7.64. The van der Waals surface area contributed by atoms with Crippen molar-refractivity contribution in [1.29, 1.82) is 0 Å². The summed E-state index contributed by atoms with van der Waals surface area (Å²) in [4.78, 5) is 27.1. The molecule has 6 aliphatic rings. The van der Waals surface area contributed by atoms with Crippen LogP contribution < -0.4 is 11.4 Å². The molecule has 0 saturated heterocycles. The molecule has 1 fully saturated rings. The van der Waals surface area contributed by atoms with Crippen molar-refractivity contribution in [2.45, 2.75) is 36.9 Å². The van der Waals surface area contributed by atoms with E-state index in [0.29, 0.717) is 24.1 Å². The standard InChI is InChI=1S/C22H16F3N3O4/c23-22(24,25)32-16-8-12-9-20-7-6-15(17-21(20,10-12)14(16)11-31-17)27-18(29)26(19(30)28(20)27)13-4-2-1-3-5-13/h1-8,11-12,15,17H,9-10H2. The van der Waals surface area contributed by atoms with Crippen LogP contribution in [0.4, 0.5) is 13.2 Å². The topological polar surface area (TPSA) is 67.4 Å². The Morgan fingerprint density at radius 2 is 1.88 bits per heavy atom. The average molecular weight is 443 g/mol. The minimum atomic E-state index is -4.84. The molecule has 7 nitrogen and oxygen atoms in total. The quantitative estimate of drug-likeness (QED) is 0.670. The Hall–Kier alpha value is -3.43. The van der Waals surface area contributed by atoms with E-state index in [2.05, 4.69) is 4.74 Å². The van der Waals surface area contributed by atoms with Crippen LogP contribution in [0.1, 0.15) is 18.9 Å². The molecule has 4 bridgehead atoms. The molecule has 0 N–H and O–H groups in total. The van der Waals surface area contributed by atoms with E-state index in [-0.39, 0.29) is 11.7 Å². The molecule has 164 valence electrons. The molecule has 8 rings (SSSR count). The Kier molecular flexibility index (Phi) is 3.01. The van der Waals surface area contributed by atoms with Gasteiger partial charge in [0.15, 0.2) is 0 Å². The molecule has 32 heavy (non-hydrogen) atoms. The highest BCUT2D eigenvalue weighted by Crippen LogP contribution is 2.71. The van der Waals surface area contributed by atoms with E-state index in [9.17, 15) is 22.8 Å². The van der Waals surface area contributed by atoms with Crippen molar-refractivity contribution in [2.75, 3.05) is 0 Å². The van der Waals surface area contributed by atoms with Crippen molar-refractivity contribution >= 4 is 0 Å². The number of nitrogens with zero attached hydrogens (tertiary/aromatic N) is 3. The number of hydrogen-bond donors (Lipinski definition) is 0. The number of ether oxygens (including phenoxy) is 2. The molecule has 0 amide bonds. The van der Waals surface area contributed by atoms with Gasteiger partial charge in [-0.05, 0) is 37.0 Å². The van der Waals surface area contributed by atoms with Crippen LogP contribution in [-0.4, -0.2) is 26.4 Å². The van der Waals surface area contributed by atoms with Crippen molar-refractivity contribution in [3.05, 3.63) is 87.1 Å². The molecule has 2 aromatic rings. The molecule has 1 aromatic heterocycles. The number of hydrogen-bond acceptors (Lipinski definition) is 4. The summed E-state index contributed by atoms with van der Waals surface area (Å²) in [6.45, 7) is 0. The maximum atomic E-state index is 13.7. The van der Waals surface area contributed by atoms with Crippen LogP contribution >= 0.6 is 0 Å². The lowest BCUT2D eigenvalue weighted by molar-refractivity contribution is -0.305. The molecule has 10 heteroatoms. The number of para-hydroxylation sites is 1. The molecule has 1 saturated carbocycles. The fourth-order valence-electron chi connectivity index (χ4n) is 6.76. The van der Waals surface area contributed by atoms with Crippen LogP contribution in [0.15, 0.2) is 75.7 Å². The number of alkyl halides is 3. The normalized spacial score (nSPS) is 35.2. The Morgan fingerprint density at radius 1 is 1.09 bits per heavy atom. The average Bonchev–Trinajstić information content (AvgIpc) is 3.35. The van der Waals surface area contributed by atoms with E-state index in [1.807, 2.05) is 12.2 Å². The minimum Gasteiger partial charge on any atom is -0.494 e. The second-order valence-electron chi connectivity index (χ2n) is 8.97. The van der Waals surface area contributed by atoms with Gasteiger partial charge in [-0.2, -0.15) is 0 Å². The van der Waals surface area contributed by atoms with Crippen LogP contribution in [0.5, 0.6) is 0 Å². The maximum absolute atomic E-state index is 13.7. The molecule has 0 radical (unpaired) electrons. The number of allylic oxidation sites excluding steroid dienone is 3. The SMILES string of the molecule is O=c1n(-c2ccccc2)c(=O)n2n1C1C=CC23CC2C=C(OC(F)(F)F)C4=COC1C43C2. The second kappa shape index (κ2) is 5.31. The first-order chi connectivity index (χ1) is 15.3. The first-order valence-electron chi connectivity index (χ1n) is 10.3. The minimum absolute atomic E-state index is 0.259. The predicted octanol–water partition coefficient (Wildman–Crippen LogP) is 2.73. The van der Waals surface area contributed by atoms with Crippen LogP contribution in [-0.2, 0) is 15.0 Å². The molecule has 1 aromatic carbocycles. The third-order valence-corrected chi connectivity index (χ3v) is 7.64. The zero-order chi connectivity index (χ0) is 22.0. The van der Waals surface area contributed by atoms with E-state index in [1.165, 1.54) is 21.7 Å². The van der Waals surface area contributed by atoms with Gasteiger partial charge in [0, 0.05) is 5.57 Å². The smallest absolute Gasteiger partial charge is 0.494 e. The summed E-state index contributed by atoms with van der Waals surface area (Å²) in [6.07, 6.45) is 1.98. The Labute approximate surface area is 178 Å². The Morgan fingerprint density at radius 3 is 2.62 bits per heavy atom. The van der Waals surface area contributed by atoms with Gasteiger partial charge in [0.05, 0.1) is 22.9 Å². The highest BCUT2D eigenvalue weighted by molar-refractivity contribution is 5.51. The highest BCUT2D eigenvalue weighted by Gasteiger charge is 2.75. The van der Waals surface area contributed by atoms with Gasteiger partial charge in [0.2, 0.25) is 0 Å². The van der Waals surface area contributed by atoms with Gasteiger partial charge in [-0.25, -0.2) is 23.5 Å². The Balaban J connectivity index is 1.49. The lowest BCUT2D eigenvalue weighted by Crippen LogP contribution is -2.65. The van der Waals surface area contributed by atoms with Crippen LogP contribution in [0.2, 0.25) is 0 Å². The lowest BCUT2D eigenvalue weighted by atomic mass is 9.58. The second-order valence-corrected chi connectivity index (χ2v) is 8.97. The van der Waals surface area contributed by atoms with Gasteiger partial charge in [0.1, 0.15) is 17.9 Å². The van der Waals surface area contributed by atoms with Crippen LogP contribution in [0.25, 0.3) is 5.69 Å². The van der Waals surface area contributed by atoms with Gasteiger partial charge in [-0.15, -0.1) is 13.2 Å². The van der Waals surface area contributed by atoms with Crippen LogP contribution in [0, 0.1) is 11.3 Å². The van der Waals surface area contributed by atoms with E-state index in [1.54, 1.807) is 30.3 Å². The number of rotatable bonds is 2. The molecular weight excluding hydrogens is 427 g/mol. The van der Waals surface area contributed by atoms with Gasteiger partial charge in [-0.3, -0.25) is 0 Å². The molecule has 3 aliphatic heterocycles. The lowest BCUT2D eigenvalue weighted by Gasteiger charge is -2.55. The van der Waals surface area contributed by atoms with Crippen molar-refractivity contribution in [3.63, 3.8) is 0 Å². The molecule has 5 atom stereocenters. The fourth-order valence-corrected chi connectivity index (χ4v) is 6.76. The molecular formula is C22H16F3N3O4. The Bertz CT molecular complexity index is 1400. The van der Waals surface area contributed by atoms with Gasteiger partial charge >= 0.3 is 17.7 Å². The summed E-state index contributed by atoms with van der Waals surface area (Å²) in [6, 6.07) is 7.98. The van der Waals surface area contributed by atoms with Crippen molar-refractivity contribution in [2.24, 2.45) is 11.3 Å².